The monoisotopic (exact) mass is 288 g/mol. The minimum Gasteiger partial charge on any atom is -0.396 e. The van der Waals surface area contributed by atoms with Crippen molar-refractivity contribution in [3.63, 3.8) is 0 Å². The highest BCUT2D eigenvalue weighted by Crippen LogP contribution is 2.47. The van der Waals surface area contributed by atoms with Gasteiger partial charge in [0, 0.05) is 18.6 Å². The number of allylic oxidation sites excluding steroid dienone is 8. The maximum absolute atomic E-state index is 9.08. The van der Waals surface area contributed by atoms with E-state index in [1.807, 2.05) is 0 Å². The highest BCUT2D eigenvalue weighted by molar-refractivity contribution is 5.52. The molecule has 2 rings (SSSR count). The van der Waals surface area contributed by atoms with Crippen molar-refractivity contribution in [2.24, 2.45) is 5.41 Å². The van der Waals surface area contributed by atoms with E-state index in [9.17, 15) is 0 Å². The van der Waals surface area contributed by atoms with Gasteiger partial charge in [-0.15, -0.1) is 0 Å². The van der Waals surface area contributed by atoms with Crippen molar-refractivity contribution in [2.75, 3.05) is 13.2 Å². The number of aliphatic hydroxyl groups excluding tert-OH is 2. The fourth-order valence-electron chi connectivity index (χ4n) is 3.59. The predicted octanol–water partition coefficient (Wildman–Crippen LogP) is 4.07. The molecule has 0 saturated carbocycles. The summed E-state index contributed by atoms with van der Waals surface area (Å²) >= 11 is 0. The average molecular weight is 288 g/mol. The average Bonchev–Trinajstić information content (AvgIpc) is 3.11. The molecular formula is C19H28O2. The maximum Gasteiger partial charge on any atom is 0.0434 e. The van der Waals surface area contributed by atoms with Crippen LogP contribution < -0.4 is 0 Å². The number of aliphatic hydroxyl groups is 2. The maximum atomic E-state index is 9.08. The van der Waals surface area contributed by atoms with Gasteiger partial charge in [0.15, 0.2) is 0 Å². The predicted molar refractivity (Wildman–Crippen MR) is 88.0 cm³/mol. The first-order valence-electron chi connectivity index (χ1n) is 8.13. The van der Waals surface area contributed by atoms with Crippen molar-refractivity contribution < 1.29 is 10.2 Å². The summed E-state index contributed by atoms with van der Waals surface area (Å²) in [7, 11) is 0. The highest BCUT2D eigenvalue weighted by Gasteiger charge is 2.33. The third kappa shape index (κ3) is 3.56. The van der Waals surface area contributed by atoms with E-state index in [1.54, 1.807) is 0 Å². The summed E-state index contributed by atoms with van der Waals surface area (Å²) in [6.45, 7) is 5.13. The van der Waals surface area contributed by atoms with Gasteiger partial charge in [-0.05, 0) is 60.8 Å². The van der Waals surface area contributed by atoms with Crippen molar-refractivity contribution in [1.82, 2.24) is 0 Å². The number of hydrogen-bond acceptors (Lipinski definition) is 2. The first-order valence-corrected chi connectivity index (χ1v) is 8.13. The van der Waals surface area contributed by atoms with Crippen LogP contribution in [0.4, 0.5) is 0 Å². The van der Waals surface area contributed by atoms with Gasteiger partial charge < -0.3 is 10.2 Å². The summed E-state index contributed by atoms with van der Waals surface area (Å²) in [6, 6.07) is 0. The van der Waals surface area contributed by atoms with Gasteiger partial charge in [-0.1, -0.05) is 38.2 Å². The molecular weight excluding hydrogens is 260 g/mol. The molecule has 0 bridgehead atoms. The molecule has 0 spiro atoms. The van der Waals surface area contributed by atoms with E-state index in [4.69, 9.17) is 10.2 Å². The fourth-order valence-corrected chi connectivity index (χ4v) is 3.59. The van der Waals surface area contributed by atoms with Gasteiger partial charge in [-0.2, -0.15) is 0 Å². The Morgan fingerprint density at radius 2 is 1.24 bits per heavy atom. The summed E-state index contributed by atoms with van der Waals surface area (Å²) < 4.78 is 0. The molecule has 0 amide bonds. The van der Waals surface area contributed by atoms with Crippen LogP contribution in [0, 0.1) is 5.41 Å². The summed E-state index contributed by atoms with van der Waals surface area (Å²) in [6.07, 6.45) is 14.9. The van der Waals surface area contributed by atoms with Gasteiger partial charge in [-0.3, -0.25) is 0 Å². The zero-order valence-corrected chi connectivity index (χ0v) is 13.4. The highest BCUT2D eigenvalue weighted by atomic mass is 16.3. The molecule has 0 aliphatic heterocycles. The van der Waals surface area contributed by atoms with Gasteiger partial charge in [0.25, 0.3) is 0 Å². The SMILES string of the molecule is CC(C)(C1=CCC=C1CCCO)C1=CCC=C1CCCO. The smallest absolute Gasteiger partial charge is 0.0434 e. The van der Waals surface area contributed by atoms with Crippen LogP contribution >= 0.6 is 0 Å². The van der Waals surface area contributed by atoms with E-state index >= 15 is 0 Å². The van der Waals surface area contributed by atoms with Crippen molar-refractivity contribution in [3.05, 3.63) is 46.6 Å². The summed E-state index contributed by atoms with van der Waals surface area (Å²) in [5, 5.41) is 18.2. The molecule has 2 aliphatic rings. The van der Waals surface area contributed by atoms with Crippen LogP contribution in [-0.4, -0.2) is 23.4 Å². The topological polar surface area (TPSA) is 40.5 Å². The largest absolute Gasteiger partial charge is 0.396 e. The third-order valence-corrected chi connectivity index (χ3v) is 4.62. The van der Waals surface area contributed by atoms with E-state index in [0.29, 0.717) is 0 Å². The molecule has 0 aromatic rings. The number of hydrogen-bond donors (Lipinski definition) is 2. The van der Waals surface area contributed by atoms with Crippen molar-refractivity contribution in [1.29, 1.82) is 0 Å². The van der Waals surface area contributed by atoms with Crippen molar-refractivity contribution in [3.8, 4) is 0 Å². The summed E-state index contributed by atoms with van der Waals surface area (Å²) in [5.74, 6) is 0. The van der Waals surface area contributed by atoms with Gasteiger partial charge in [0.05, 0.1) is 0 Å². The van der Waals surface area contributed by atoms with Gasteiger partial charge in [0.2, 0.25) is 0 Å². The van der Waals surface area contributed by atoms with Crippen molar-refractivity contribution in [2.45, 2.75) is 52.4 Å². The van der Waals surface area contributed by atoms with Crippen LogP contribution in [0.2, 0.25) is 0 Å². The molecule has 0 fully saturated rings. The Morgan fingerprint density at radius 3 is 1.62 bits per heavy atom. The number of rotatable bonds is 8. The fraction of sp³-hybridized carbons (Fsp3) is 0.579. The van der Waals surface area contributed by atoms with E-state index < -0.39 is 0 Å². The second-order valence-corrected chi connectivity index (χ2v) is 6.45. The third-order valence-electron chi connectivity index (χ3n) is 4.62. The molecule has 0 heterocycles. The van der Waals surface area contributed by atoms with E-state index in [0.717, 1.165) is 38.5 Å². The standard InChI is InChI=1S/C19H28O2/c1-19(2,17-11-3-7-15(17)9-5-13-20)18-12-4-8-16(18)10-6-14-21/h7-8,11-12,20-21H,3-6,9-10,13-14H2,1-2H3. The first kappa shape index (κ1) is 16.3. The molecule has 116 valence electrons. The van der Waals surface area contributed by atoms with Gasteiger partial charge in [-0.25, -0.2) is 0 Å². The van der Waals surface area contributed by atoms with E-state index in [-0.39, 0.29) is 18.6 Å². The van der Waals surface area contributed by atoms with Crippen molar-refractivity contribution >= 4 is 0 Å². The molecule has 2 aliphatic carbocycles. The molecule has 2 nitrogen and oxygen atoms in total. The molecule has 0 unspecified atom stereocenters. The Bertz CT molecular complexity index is 446. The molecule has 0 aromatic heterocycles. The Labute approximate surface area is 128 Å². The van der Waals surface area contributed by atoms with Crippen LogP contribution in [0.1, 0.15) is 52.4 Å². The zero-order valence-electron chi connectivity index (χ0n) is 13.4. The van der Waals surface area contributed by atoms with Crippen LogP contribution in [0.15, 0.2) is 46.6 Å². The summed E-state index contributed by atoms with van der Waals surface area (Å²) in [4.78, 5) is 0. The van der Waals surface area contributed by atoms with Gasteiger partial charge in [0.1, 0.15) is 0 Å². The van der Waals surface area contributed by atoms with Crippen LogP contribution in [0.25, 0.3) is 0 Å². The van der Waals surface area contributed by atoms with Crippen LogP contribution in [0.5, 0.6) is 0 Å². The summed E-state index contributed by atoms with van der Waals surface area (Å²) in [5.41, 5.74) is 5.69. The molecule has 0 atom stereocenters. The molecule has 21 heavy (non-hydrogen) atoms. The van der Waals surface area contributed by atoms with E-state index in [1.165, 1.54) is 22.3 Å². The minimum atomic E-state index is 0.0234. The molecule has 0 radical (unpaired) electrons. The normalized spacial score (nSPS) is 18.5. The quantitative estimate of drug-likeness (QED) is 0.707. The van der Waals surface area contributed by atoms with Crippen LogP contribution in [0.3, 0.4) is 0 Å². The zero-order chi connectivity index (χ0) is 15.3. The lowest BCUT2D eigenvalue weighted by Gasteiger charge is -2.32. The second kappa shape index (κ2) is 7.24. The van der Waals surface area contributed by atoms with E-state index in [2.05, 4.69) is 38.2 Å². The lowest BCUT2D eigenvalue weighted by Crippen LogP contribution is -2.19. The molecule has 0 saturated heterocycles. The Hall–Kier alpha value is -1.12. The second-order valence-electron chi connectivity index (χ2n) is 6.45. The molecule has 2 heteroatoms. The minimum absolute atomic E-state index is 0.0234. The van der Waals surface area contributed by atoms with Crippen LogP contribution in [-0.2, 0) is 0 Å². The first-order chi connectivity index (χ1) is 10.1. The Morgan fingerprint density at radius 1 is 0.810 bits per heavy atom. The molecule has 0 aromatic carbocycles. The Balaban J connectivity index is 2.14. The lowest BCUT2D eigenvalue weighted by molar-refractivity contribution is 0.288. The lowest BCUT2D eigenvalue weighted by atomic mass is 9.72. The Kier molecular flexibility index (Phi) is 5.60. The van der Waals surface area contributed by atoms with Gasteiger partial charge >= 0.3 is 0 Å². The molecule has 2 N–H and O–H groups in total.